The van der Waals surface area contributed by atoms with Crippen LogP contribution in [0.5, 0.6) is 0 Å². The number of hydrazine groups is 1. The van der Waals surface area contributed by atoms with E-state index < -0.39 is 17.7 Å². The van der Waals surface area contributed by atoms with Crippen LogP contribution in [-0.2, 0) is 7.05 Å². The lowest BCUT2D eigenvalue weighted by Crippen LogP contribution is -2.30. The number of nitrogens with one attached hydrogen (secondary N) is 1. The van der Waals surface area contributed by atoms with Crippen LogP contribution in [0, 0.1) is 11.6 Å². The highest BCUT2D eigenvalue weighted by Crippen LogP contribution is 2.24. The first-order chi connectivity index (χ1) is 8.13. The molecule has 0 saturated carbocycles. The van der Waals surface area contributed by atoms with E-state index in [0.29, 0.717) is 5.69 Å². The van der Waals surface area contributed by atoms with E-state index in [0.717, 1.165) is 0 Å². The van der Waals surface area contributed by atoms with E-state index in [9.17, 15) is 8.78 Å². The molecular formula is C11H12F2N4. The summed E-state index contributed by atoms with van der Waals surface area (Å²) in [5.74, 6) is 4.04. The molecule has 0 fully saturated rings. The summed E-state index contributed by atoms with van der Waals surface area (Å²) in [5, 5.41) is 0. The molecule has 0 amide bonds. The lowest BCUT2D eigenvalue weighted by Gasteiger charge is -2.15. The highest BCUT2D eigenvalue weighted by atomic mass is 19.1. The second-order valence-corrected chi connectivity index (χ2v) is 3.70. The largest absolute Gasteiger partial charge is 0.340 e. The second-order valence-electron chi connectivity index (χ2n) is 3.70. The molecular weight excluding hydrogens is 226 g/mol. The van der Waals surface area contributed by atoms with Gasteiger partial charge in [-0.3, -0.25) is 5.84 Å². The summed E-state index contributed by atoms with van der Waals surface area (Å²) in [5.41, 5.74) is 2.70. The number of benzene rings is 1. The number of hydrogen-bond donors (Lipinski definition) is 2. The highest BCUT2D eigenvalue weighted by molar-refractivity contribution is 5.29. The fraction of sp³-hybridized carbons (Fsp3) is 0.182. The van der Waals surface area contributed by atoms with E-state index in [2.05, 4.69) is 10.4 Å². The second kappa shape index (κ2) is 4.60. The Labute approximate surface area is 97.0 Å². The summed E-state index contributed by atoms with van der Waals surface area (Å²) >= 11 is 0. The third-order valence-corrected chi connectivity index (χ3v) is 2.48. The quantitative estimate of drug-likeness (QED) is 0.625. The molecule has 2 rings (SSSR count). The summed E-state index contributed by atoms with van der Waals surface area (Å²) < 4.78 is 28.9. The van der Waals surface area contributed by atoms with Crippen LogP contribution < -0.4 is 11.3 Å². The molecule has 0 aliphatic carbocycles. The lowest BCUT2D eigenvalue weighted by atomic mass is 10.0. The molecule has 1 aromatic heterocycles. The van der Waals surface area contributed by atoms with Crippen molar-refractivity contribution in [1.29, 1.82) is 0 Å². The highest BCUT2D eigenvalue weighted by Gasteiger charge is 2.22. The first-order valence-corrected chi connectivity index (χ1v) is 5.01. The molecule has 0 spiro atoms. The minimum Gasteiger partial charge on any atom is -0.340 e. The Bertz CT molecular complexity index is 504. The molecule has 6 heteroatoms. The number of hydrogen-bond acceptors (Lipinski definition) is 3. The standard InChI is InChI=1S/C11H12F2N4/c1-17-5-9(15-6-17)11(16-14)10-7(12)3-2-4-8(10)13/h2-6,11,16H,14H2,1H3. The number of nitrogens with zero attached hydrogens (tertiary/aromatic N) is 2. The molecule has 3 N–H and O–H groups in total. The first-order valence-electron chi connectivity index (χ1n) is 5.01. The molecule has 0 aliphatic heterocycles. The van der Waals surface area contributed by atoms with Crippen molar-refractivity contribution in [2.45, 2.75) is 6.04 Å². The monoisotopic (exact) mass is 238 g/mol. The van der Waals surface area contributed by atoms with E-state index in [1.807, 2.05) is 0 Å². The van der Waals surface area contributed by atoms with Gasteiger partial charge in [0, 0.05) is 18.8 Å². The van der Waals surface area contributed by atoms with Gasteiger partial charge in [0.15, 0.2) is 0 Å². The van der Waals surface area contributed by atoms with Crippen molar-refractivity contribution in [1.82, 2.24) is 15.0 Å². The molecule has 0 saturated heterocycles. The van der Waals surface area contributed by atoms with Crippen molar-refractivity contribution in [3.8, 4) is 0 Å². The Morgan fingerprint density at radius 1 is 1.35 bits per heavy atom. The Morgan fingerprint density at radius 2 is 2.00 bits per heavy atom. The van der Waals surface area contributed by atoms with Crippen molar-refractivity contribution in [2.24, 2.45) is 12.9 Å². The lowest BCUT2D eigenvalue weighted by molar-refractivity contribution is 0.506. The van der Waals surface area contributed by atoms with Crippen LogP contribution in [0.2, 0.25) is 0 Å². The predicted molar refractivity (Wildman–Crippen MR) is 58.7 cm³/mol. The molecule has 1 atom stereocenters. The summed E-state index contributed by atoms with van der Waals surface area (Å²) in [4.78, 5) is 4.03. The molecule has 0 bridgehead atoms. The van der Waals surface area contributed by atoms with Gasteiger partial charge in [0.1, 0.15) is 11.6 Å². The van der Waals surface area contributed by atoms with Crippen LogP contribution in [0.25, 0.3) is 0 Å². The van der Waals surface area contributed by atoms with Crippen LogP contribution in [0.15, 0.2) is 30.7 Å². The van der Waals surface area contributed by atoms with Crippen LogP contribution in [-0.4, -0.2) is 9.55 Å². The molecule has 90 valence electrons. The van der Waals surface area contributed by atoms with Gasteiger partial charge in [-0.2, -0.15) is 0 Å². The average molecular weight is 238 g/mol. The van der Waals surface area contributed by atoms with Gasteiger partial charge in [-0.25, -0.2) is 19.2 Å². The van der Waals surface area contributed by atoms with E-state index in [-0.39, 0.29) is 5.56 Å². The number of aryl methyl sites for hydroxylation is 1. The summed E-state index contributed by atoms with van der Waals surface area (Å²) in [7, 11) is 1.77. The van der Waals surface area contributed by atoms with Crippen molar-refractivity contribution in [3.05, 3.63) is 53.6 Å². The Kier molecular flexibility index (Phi) is 3.16. The van der Waals surface area contributed by atoms with E-state index in [1.165, 1.54) is 18.2 Å². The van der Waals surface area contributed by atoms with Crippen molar-refractivity contribution in [2.75, 3.05) is 0 Å². The molecule has 17 heavy (non-hydrogen) atoms. The van der Waals surface area contributed by atoms with E-state index in [1.54, 1.807) is 24.1 Å². The summed E-state index contributed by atoms with van der Waals surface area (Å²) in [6.07, 6.45) is 3.19. The SMILES string of the molecule is Cn1cnc(C(NN)c2c(F)cccc2F)c1. The van der Waals surface area contributed by atoms with Crippen molar-refractivity contribution in [3.63, 3.8) is 0 Å². The van der Waals surface area contributed by atoms with E-state index in [4.69, 9.17) is 5.84 Å². The number of rotatable bonds is 3. The molecule has 0 radical (unpaired) electrons. The third kappa shape index (κ3) is 2.17. The number of halogens is 2. The van der Waals surface area contributed by atoms with Gasteiger partial charge in [0.05, 0.1) is 18.1 Å². The Balaban J connectivity index is 2.49. The zero-order chi connectivity index (χ0) is 12.4. The number of nitrogens with two attached hydrogens (primary N) is 1. The smallest absolute Gasteiger partial charge is 0.131 e. The first kappa shape index (κ1) is 11.7. The Hall–Kier alpha value is -1.79. The normalized spacial score (nSPS) is 12.7. The maximum Gasteiger partial charge on any atom is 0.131 e. The molecule has 1 heterocycles. The zero-order valence-corrected chi connectivity index (χ0v) is 9.19. The summed E-state index contributed by atoms with van der Waals surface area (Å²) in [6.45, 7) is 0. The van der Waals surface area contributed by atoms with Crippen molar-refractivity contribution >= 4 is 0 Å². The van der Waals surface area contributed by atoms with Gasteiger partial charge in [-0.05, 0) is 12.1 Å². The van der Waals surface area contributed by atoms with Gasteiger partial charge in [-0.1, -0.05) is 6.07 Å². The van der Waals surface area contributed by atoms with Crippen LogP contribution >= 0.6 is 0 Å². The minimum absolute atomic E-state index is 0.131. The predicted octanol–water partition coefficient (Wildman–Crippen LogP) is 1.25. The molecule has 4 nitrogen and oxygen atoms in total. The average Bonchev–Trinajstić information content (AvgIpc) is 2.70. The fourth-order valence-electron chi connectivity index (χ4n) is 1.69. The number of imidazole rings is 1. The summed E-state index contributed by atoms with van der Waals surface area (Å²) in [6, 6.07) is 2.87. The van der Waals surface area contributed by atoms with Crippen LogP contribution in [0.3, 0.4) is 0 Å². The fourth-order valence-corrected chi connectivity index (χ4v) is 1.69. The third-order valence-electron chi connectivity index (χ3n) is 2.48. The molecule has 1 aromatic carbocycles. The topological polar surface area (TPSA) is 55.9 Å². The Morgan fingerprint density at radius 3 is 2.47 bits per heavy atom. The van der Waals surface area contributed by atoms with Gasteiger partial charge in [-0.15, -0.1) is 0 Å². The molecule has 0 aliphatic rings. The van der Waals surface area contributed by atoms with Crippen LogP contribution in [0.4, 0.5) is 8.78 Å². The van der Waals surface area contributed by atoms with Gasteiger partial charge < -0.3 is 4.57 Å². The maximum atomic E-state index is 13.6. The molecule has 2 aromatic rings. The van der Waals surface area contributed by atoms with E-state index >= 15 is 0 Å². The molecule has 1 unspecified atom stereocenters. The van der Waals surface area contributed by atoms with Gasteiger partial charge in [0.25, 0.3) is 0 Å². The number of aromatic nitrogens is 2. The van der Waals surface area contributed by atoms with Gasteiger partial charge in [0.2, 0.25) is 0 Å². The van der Waals surface area contributed by atoms with Crippen molar-refractivity contribution < 1.29 is 8.78 Å². The minimum atomic E-state index is -0.808. The maximum absolute atomic E-state index is 13.6. The van der Waals surface area contributed by atoms with Crippen LogP contribution in [0.1, 0.15) is 17.3 Å². The zero-order valence-electron chi connectivity index (χ0n) is 9.19. The van der Waals surface area contributed by atoms with Gasteiger partial charge >= 0.3 is 0 Å².